The monoisotopic (exact) mass is 385 g/mol. The maximum Gasteiger partial charge on any atom is 0.329 e. The molecule has 0 spiro atoms. The number of carbonyl (C=O) groups is 3. The van der Waals surface area contributed by atoms with Gasteiger partial charge in [0.1, 0.15) is 6.04 Å². The van der Waals surface area contributed by atoms with E-state index in [2.05, 4.69) is 0 Å². The summed E-state index contributed by atoms with van der Waals surface area (Å²) in [6.45, 7) is 3.19. The van der Waals surface area contributed by atoms with Crippen molar-refractivity contribution < 1.29 is 29.0 Å². The lowest BCUT2D eigenvalue weighted by molar-refractivity contribution is -0.150. The van der Waals surface area contributed by atoms with Crippen molar-refractivity contribution in [3.05, 3.63) is 27.6 Å². The van der Waals surface area contributed by atoms with Crippen LogP contribution in [0.15, 0.2) is 17.0 Å². The fourth-order valence-corrected chi connectivity index (χ4v) is 3.30. The first-order valence-corrected chi connectivity index (χ1v) is 8.49. The summed E-state index contributed by atoms with van der Waals surface area (Å²) in [6.07, 6.45) is 1.33. The molecule has 25 heavy (non-hydrogen) atoms. The normalized spacial score (nSPS) is 17.1. The number of benzene rings is 1. The van der Waals surface area contributed by atoms with Gasteiger partial charge in [-0.05, 0) is 37.8 Å². The zero-order valence-corrected chi connectivity index (χ0v) is 15.3. The number of nitrogens with zero attached hydrogens (tertiary/aromatic N) is 1. The van der Waals surface area contributed by atoms with Gasteiger partial charge in [-0.2, -0.15) is 0 Å². The number of rotatable bonds is 5. The quantitative estimate of drug-likeness (QED) is 0.615. The number of phenols is 1. The summed E-state index contributed by atoms with van der Waals surface area (Å²) in [5.41, 5.74) is 0.221. The van der Waals surface area contributed by atoms with Gasteiger partial charge in [0.2, 0.25) is 0 Å². The van der Waals surface area contributed by atoms with Gasteiger partial charge in [-0.3, -0.25) is 14.5 Å². The van der Waals surface area contributed by atoms with Crippen LogP contribution >= 0.6 is 23.4 Å². The second-order valence-corrected chi connectivity index (χ2v) is 6.46. The van der Waals surface area contributed by atoms with Gasteiger partial charge in [0.15, 0.2) is 11.5 Å². The summed E-state index contributed by atoms with van der Waals surface area (Å²) >= 11 is 6.62. The van der Waals surface area contributed by atoms with Gasteiger partial charge >= 0.3 is 5.97 Å². The average Bonchev–Trinajstić information content (AvgIpc) is 2.84. The minimum absolute atomic E-state index is 0.0563. The van der Waals surface area contributed by atoms with Crippen LogP contribution in [0.25, 0.3) is 6.08 Å². The first kappa shape index (κ1) is 19.1. The molecular formula is C16H16ClNO6S. The molecule has 0 saturated carbocycles. The number of thioether (sulfide) groups is 1. The third-order valence-corrected chi connectivity index (χ3v) is 4.52. The summed E-state index contributed by atoms with van der Waals surface area (Å²) in [4.78, 5) is 37.3. The standard InChI is InChI=1S/C16H16ClNO6S/c1-4-24-15(21)8(2)18-14(20)12(25-16(18)22)6-9-5-10(17)7-11(23-3)13(9)19/h5-8,19H,4H2,1-3H3/b12-6-. The van der Waals surface area contributed by atoms with Crippen molar-refractivity contribution in [2.75, 3.05) is 13.7 Å². The predicted octanol–water partition coefficient (Wildman–Crippen LogP) is 3.04. The Bertz CT molecular complexity index is 763. The van der Waals surface area contributed by atoms with Gasteiger partial charge in [-0.15, -0.1) is 0 Å². The SMILES string of the molecule is CCOC(=O)C(C)N1C(=O)S/C(=C\c2cc(Cl)cc(OC)c2O)C1=O. The lowest BCUT2D eigenvalue weighted by Crippen LogP contribution is -2.42. The maximum atomic E-state index is 12.5. The Balaban J connectivity index is 2.35. The van der Waals surface area contributed by atoms with Gasteiger partial charge in [0.25, 0.3) is 11.1 Å². The Morgan fingerprint density at radius 2 is 2.12 bits per heavy atom. The molecule has 1 heterocycles. The van der Waals surface area contributed by atoms with Crippen molar-refractivity contribution in [1.82, 2.24) is 4.90 Å². The molecule has 1 unspecified atom stereocenters. The molecule has 2 amide bonds. The molecule has 0 bridgehead atoms. The molecule has 1 aromatic rings. The number of hydrogen-bond donors (Lipinski definition) is 1. The van der Waals surface area contributed by atoms with E-state index >= 15 is 0 Å². The van der Waals surface area contributed by atoms with Crippen LogP contribution in [0.1, 0.15) is 19.4 Å². The van der Waals surface area contributed by atoms with Gasteiger partial charge in [-0.25, -0.2) is 4.79 Å². The van der Waals surface area contributed by atoms with Crippen LogP contribution < -0.4 is 4.74 Å². The number of methoxy groups -OCH3 is 1. The van der Waals surface area contributed by atoms with Crippen LogP contribution in [0.3, 0.4) is 0 Å². The first-order chi connectivity index (χ1) is 11.8. The van der Waals surface area contributed by atoms with Crippen LogP contribution in [-0.4, -0.2) is 46.9 Å². The molecule has 1 aromatic carbocycles. The Hall–Kier alpha value is -2.19. The molecule has 1 aliphatic rings. The molecule has 1 atom stereocenters. The van der Waals surface area contributed by atoms with Gasteiger partial charge in [0.05, 0.1) is 18.6 Å². The highest BCUT2D eigenvalue weighted by atomic mass is 35.5. The molecule has 1 N–H and O–H groups in total. The topological polar surface area (TPSA) is 93.1 Å². The van der Waals surface area contributed by atoms with Crippen LogP contribution in [0.4, 0.5) is 4.79 Å². The minimum atomic E-state index is -1.04. The number of aromatic hydroxyl groups is 1. The summed E-state index contributed by atoms with van der Waals surface area (Å²) in [7, 11) is 1.37. The predicted molar refractivity (Wildman–Crippen MR) is 93.6 cm³/mol. The Labute approximate surface area is 153 Å². The van der Waals surface area contributed by atoms with E-state index in [1.807, 2.05) is 0 Å². The maximum absolute atomic E-state index is 12.5. The molecule has 7 nitrogen and oxygen atoms in total. The molecule has 2 rings (SSSR count). The van der Waals surface area contributed by atoms with E-state index in [0.29, 0.717) is 16.8 Å². The molecular weight excluding hydrogens is 370 g/mol. The average molecular weight is 386 g/mol. The zero-order chi connectivity index (χ0) is 18.7. The summed E-state index contributed by atoms with van der Waals surface area (Å²) < 4.78 is 9.85. The summed E-state index contributed by atoms with van der Waals surface area (Å²) in [6, 6.07) is 1.81. The van der Waals surface area contributed by atoms with Crippen LogP contribution in [-0.2, 0) is 14.3 Å². The van der Waals surface area contributed by atoms with Crippen molar-refractivity contribution in [1.29, 1.82) is 0 Å². The Morgan fingerprint density at radius 3 is 2.72 bits per heavy atom. The van der Waals surface area contributed by atoms with E-state index in [0.717, 1.165) is 4.90 Å². The molecule has 1 saturated heterocycles. The van der Waals surface area contributed by atoms with Crippen molar-refractivity contribution in [2.24, 2.45) is 0 Å². The van der Waals surface area contributed by atoms with Crippen LogP contribution in [0.2, 0.25) is 5.02 Å². The van der Waals surface area contributed by atoms with Gasteiger partial charge in [-0.1, -0.05) is 11.6 Å². The van der Waals surface area contributed by atoms with Crippen LogP contribution in [0, 0.1) is 0 Å². The number of amides is 2. The van der Waals surface area contributed by atoms with E-state index < -0.39 is 23.2 Å². The van der Waals surface area contributed by atoms with E-state index in [4.69, 9.17) is 21.1 Å². The first-order valence-electron chi connectivity index (χ1n) is 7.30. The van der Waals surface area contributed by atoms with E-state index in [1.165, 1.54) is 32.2 Å². The number of imide groups is 1. The lowest BCUT2D eigenvalue weighted by Gasteiger charge is -2.19. The third kappa shape index (κ3) is 3.91. The number of ether oxygens (including phenoxy) is 2. The largest absolute Gasteiger partial charge is 0.504 e. The highest BCUT2D eigenvalue weighted by Gasteiger charge is 2.41. The second kappa shape index (κ2) is 7.79. The fourth-order valence-electron chi connectivity index (χ4n) is 2.18. The van der Waals surface area contributed by atoms with Crippen molar-refractivity contribution >= 4 is 46.6 Å². The van der Waals surface area contributed by atoms with E-state index in [1.54, 1.807) is 6.92 Å². The zero-order valence-electron chi connectivity index (χ0n) is 13.7. The summed E-state index contributed by atoms with van der Waals surface area (Å²) in [5, 5.41) is 9.84. The smallest absolute Gasteiger partial charge is 0.329 e. The number of carbonyl (C=O) groups excluding carboxylic acids is 3. The second-order valence-electron chi connectivity index (χ2n) is 5.03. The number of esters is 1. The highest BCUT2D eigenvalue weighted by molar-refractivity contribution is 8.18. The van der Waals surface area contributed by atoms with E-state index in [9.17, 15) is 19.5 Å². The van der Waals surface area contributed by atoms with Crippen molar-refractivity contribution in [3.63, 3.8) is 0 Å². The number of phenolic OH excluding ortho intramolecular Hbond substituents is 1. The molecule has 9 heteroatoms. The lowest BCUT2D eigenvalue weighted by atomic mass is 10.1. The molecule has 0 aromatic heterocycles. The molecule has 1 fully saturated rings. The van der Waals surface area contributed by atoms with Crippen molar-refractivity contribution in [2.45, 2.75) is 19.9 Å². The number of halogens is 1. The number of hydrogen-bond acceptors (Lipinski definition) is 7. The molecule has 0 aliphatic carbocycles. The highest BCUT2D eigenvalue weighted by Crippen LogP contribution is 2.39. The molecule has 134 valence electrons. The molecule has 1 aliphatic heterocycles. The molecule has 0 radical (unpaired) electrons. The van der Waals surface area contributed by atoms with Crippen LogP contribution in [0.5, 0.6) is 11.5 Å². The van der Waals surface area contributed by atoms with Gasteiger partial charge < -0.3 is 14.6 Å². The van der Waals surface area contributed by atoms with E-state index in [-0.39, 0.29) is 28.6 Å². The van der Waals surface area contributed by atoms with Gasteiger partial charge in [0, 0.05) is 16.7 Å². The Kier molecular flexibility index (Phi) is 5.97. The fraction of sp³-hybridized carbons (Fsp3) is 0.312. The van der Waals surface area contributed by atoms with Crippen molar-refractivity contribution in [3.8, 4) is 11.5 Å². The summed E-state index contributed by atoms with van der Waals surface area (Å²) in [5.74, 6) is -1.39. The Morgan fingerprint density at radius 1 is 1.44 bits per heavy atom. The minimum Gasteiger partial charge on any atom is -0.504 e. The third-order valence-electron chi connectivity index (χ3n) is 3.41.